The summed E-state index contributed by atoms with van der Waals surface area (Å²) in [5.41, 5.74) is 1.00. The molecule has 188 valence electrons. The number of imide groups is 1. The zero-order valence-electron chi connectivity index (χ0n) is 18.8. The highest BCUT2D eigenvalue weighted by atomic mass is 79.9. The second kappa shape index (κ2) is 10.2. The molecule has 9 nitrogen and oxygen atoms in total. The molecule has 4 rings (SSSR count). The smallest absolute Gasteiger partial charge is 0.252 e. The van der Waals surface area contributed by atoms with Gasteiger partial charge < -0.3 is 0 Å². The summed E-state index contributed by atoms with van der Waals surface area (Å²) in [6.45, 7) is -0.0235. The number of hydrogen-bond donors (Lipinski definition) is 1. The van der Waals surface area contributed by atoms with Crippen LogP contribution in [0.5, 0.6) is 0 Å². The second-order valence-corrected chi connectivity index (χ2v) is 12.5. The van der Waals surface area contributed by atoms with Crippen molar-refractivity contribution in [3.05, 3.63) is 88.9 Å². The molecular formula is C24H22BrN3O6S2. The molecule has 1 saturated heterocycles. The van der Waals surface area contributed by atoms with Crippen LogP contribution in [-0.2, 0) is 36.1 Å². The van der Waals surface area contributed by atoms with Gasteiger partial charge in [0, 0.05) is 11.0 Å². The van der Waals surface area contributed by atoms with E-state index in [9.17, 15) is 26.4 Å². The van der Waals surface area contributed by atoms with E-state index in [4.69, 9.17) is 5.14 Å². The van der Waals surface area contributed by atoms with E-state index in [2.05, 4.69) is 15.9 Å². The van der Waals surface area contributed by atoms with Crippen LogP contribution in [0.3, 0.4) is 0 Å². The third kappa shape index (κ3) is 5.42. The Morgan fingerprint density at radius 2 is 1.44 bits per heavy atom. The van der Waals surface area contributed by atoms with E-state index in [-0.39, 0.29) is 28.4 Å². The molecule has 0 radical (unpaired) electrons. The van der Waals surface area contributed by atoms with Crippen molar-refractivity contribution in [3.63, 3.8) is 0 Å². The van der Waals surface area contributed by atoms with E-state index in [1.807, 2.05) is 30.3 Å². The molecule has 3 aromatic carbocycles. The highest BCUT2D eigenvalue weighted by Crippen LogP contribution is 2.30. The van der Waals surface area contributed by atoms with Crippen LogP contribution in [0.2, 0.25) is 0 Å². The van der Waals surface area contributed by atoms with Gasteiger partial charge in [0.15, 0.2) is 0 Å². The number of benzene rings is 3. The van der Waals surface area contributed by atoms with Gasteiger partial charge in [-0.05, 0) is 60.5 Å². The number of sulfonamides is 2. The molecule has 12 heteroatoms. The normalized spacial score (nSPS) is 16.6. The van der Waals surface area contributed by atoms with Crippen LogP contribution in [0.15, 0.2) is 93.1 Å². The van der Waals surface area contributed by atoms with Crippen molar-refractivity contribution in [1.29, 1.82) is 0 Å². The molecule has 1 unspecified atom stereocenters. The van der Waals surface area contributed by atoms with Crippen LogP contribution < -0.4 is 10.0 Å². The van der Waals surface area contributed by atoms with E-state index in [0.717, 1.165) is 14.8 Å². The van der Waals surface area contributed by atoms with Gasteiger partial charge in [-0.3, -0.25) is 9.59 Å². The molecule has 0 aromatic heterocycles. The van der Waals surface area contributed by atoms with Crippen molar-refractivity contribution < 1.29 is 26.4 Å². The average Bonchev–Trinajstić information content (AvgIpc) is 3.13. The van der Waals surface area contributed by atoms with Crippen LogP contribution in [0.1, 0.15) is 12.0 Å². The van der Waals surface area contributed by atoms with Crippen molar-refractivity contribution in [3.8, 4) is 0 Å². The summed E-state index contributed by atoms with van der Waals surface area (Å²) in [5.74, 6) is -1.30. The maximum absolute atomic E-state index is 13.7. The highest BCUT2D eigenvalue weighted by molar-refractivity contribution is 9.10. The Balaban J connectivity index is 1.68. The van der Waals surface area contributed by atoms with E-state index >= 15 is 0 Å². The first-order valence-corrected chi connectivity index (χ1v) is 14.6. The fraction of sp³-hybridized carbons (Fsp3) is 0.167. The molecule has 0 saturated carbocycles. The van der Waals surface area contributed by atoms with Gasteiger partial charge in [-0.25, -0.2) is 26.9 Å². The summed E-state index contributed by atoms with van der Waals surface area (Å²) in [7, 11) is -8.10. The number of primary sulfonamides is 1. The molecule has 1 aliphatic heterocycles. The van der Waals surface area contributed by atoms with Crippen molar-refractivity contribution in [2.24, 2.45) is 5.14 Å². The minimum Gasteiger partial charge on any atom is -0.274 e. The fourth-order valence-corrected chi connectivity index (χ4v) is 6.33. The van der Waals surface area contributed by atoms with Gasteiger partial charge in [0.05, 0.1) is 21.9 Å². The molecule has 0 bridgehead atoms. The second-order valence-electron chi connectivity index (χ2n) is 8.13. The molecule has 1 fully saturated rings. The SMILES string of the molecule is NS(=O)(=O)c1ccc(N2C(=O)CC(N(CCc3ccccc3)S(=O)(=O)c3ccc(Br)cc3)C2=O)cc1. The predicted octanol–water partition coefficient (Wildman–Crippen LogP) is 2.66. The summed E-state index contributed by atoms with van der Waals surface area (Å²) >= 11 is 3.29. The molecule has 1 heterocycles. The Labute approximate surface area is 217 Å². The number of anilines is 1. The number of nitrogens with zero attached hydrogens (tertiary/aromatic N) is 2. The molecule has 36 heavy (non-hydrogen) atoms. The molecule has 1 aliphatic rings. The van der Waals surface area contributed by atoms with Gasteiger partial charge in [-0.1, -0.05) is 46.3 Å². The van der Waals surface area contributed by atoms with Crippen molar-refractivity contribution in [2.45, 2.75) is 28.7 Å². The standard InChI is InChI=1S/C24H22BrN3O6S2/c25-18-6-10-21(11-7-18)36(33,34)27(15-14-17-4-2-1-3-5-17)22-16-23(29)28(24(22)30)19-8-12-20(13-9-19)35(26,31)32/h1-13,22H,14-16H2,(H2,26,31,32). The lowest BCUT2D eigenvalue weighted by atomic mass is 10.1. The summed E-state index contributed by atoms with van der Waals surface area (Å²) in [6, 6.07) is 18.9. The summed E-state index contributed by atoms with van der Waals surface area (Å²) in [5, 5.41) is 5.12. The maximum Gasteiger partial charge on any atom is 0.252 e. The first-order valence-electron chi connectivity index (χ1n) is 10.8. The van der Waals surface area contributed by atoms with Gasteiger partial charge in [-0.2, -0.15) is 4.31 Å². The topological polar surface area (TPSA) is 135 Å². The minimum atomic E-state index is -4.14. The molecule has 0 aliphatic carbocycles. The summed E-state index contributed by atoms with van der Waals surface area (Å²) in [4.78, 5) is 27.0. The number of carbonyl (C=O) groups is 2. The fourth-order valence-electron chi connectivity index (χ4n) is 3.97. The number of halogens is 1. The molecule has 2 amide bonds. The molecule has 1 atom stereocenters. The molecular weight excluding hydrogens is 570 g/mol. The summed E-state index contributed by atoms with van der Waals surface area (Å²) < 4.78 is 52.2. The third-order valence-electron chi connectivity index (χ3n) is 5.78. The number of amides is 2. The number of carbonyl (C=O) groups excluding carboxylic acids is 2. The lowest BCUT2D eigenvalue weighted by molar-refractivity contribution is -0.122. The third-order valence-corrected chi connectivity index (χ3v) is 9.16. The average molecular weight is 592 g/mol. The van der Waals surface area contributed by atoms with E-state index < -0.39 is 37.9 Å². The lowest BCUT2D eigenvalue weighted by Crippen LogP contribution is -2.46. The van der Waals surface area contributed by atoms with E-state index in [1.54, 1.807) is 12.1 Å². The first kappa shape index (κ1) is 26.2. The summed E-state index contributed by atoms with van der Waals surface area (Å²) in [6.07, 6.45) is -0.0159. The van der Waals surface area contributed by atoms with Crippen LogP contribution in [-0.4, -0.2) is 45.5 Å². The Bertz CT molecular complexity index is 1490. The maximum atomic E-state index is 13.7. The van der Waals surface area contributed by atoms with Crippen LogP contribution in [0.4, 0.5) is 5.69 Å². The Kier molecular flexibility index (Phi) is 7.43. The van der Waals surface area contributed by atoms with E-state index in [1.165, 1.54) is 36.4 Å². The van der Waals surface area contributed by atoms with Crippen molar-refractivity contribution >= 4 is 53.5 Å². The number of rotatable bonds is 8. The van der Waals surface area contributed by atoms with Gasteiger partial charge in [0.1, 0.15) is 6.04 Å². The Morgan fingerprint density at radius 3 is 2.03 bits per heavy atom. The van der Waals surface area contributed by atoms with E-state index in [0.29, 0.717) is 10.9 Å². The quantitative estimate of drug-likeness (QED) is 0.400. The van der Waals surface area contributed by atoms with Gasteiger partial charge in [-0.15, -0.1) is 0 Å². The van der Waals surface area contributed by atoms with Crippen molar-refractivity contribution in [1.82, 2.24) is 4.31 Å². The monoisotopic (exact) mass is 591 g/mol. The van der Waals surface area contributed by atoms with Crippen LogP contribution in [0, 0.1) is 0 Å². The lowest BCUT2D eigenvalue weighted by Gasteiger charge is -2.27. The number of nitrogens with two attached hydrogens (primary N) is 1. The van der Waals surface area contributed by atoms with Gasteiger partial charge in [0.25, 0.3) is 5.91 Å². The van der Waals surface area contributed by atoms with Crippen molar-refractivity contribution in [2.75, 3.05) is 11.4 Å². The molecule has 2 N–H and O–H groups in total. The zero-order chi connectivity index (χ0) is 26.1. The number of hydrogen-bond acceptors (Lipinski definition) is 6. The predicted molar refractivity (Wildman–Crippen MR) is 137 cm³/mol. The minimum absolute atomic E-state index is 0.00466. The molecule has 0 spiro atoms. The molecule has 3 aromatic rings. The highest BCUT2D eigenvalue weighted by Gasteiger charge is 2.46. The largest absolute Gasteiger partial charge is 0.274 e. The van der Waals surface area contributed by atoms with Gasteiger partial charge in [0.2, 0.25) is 26.0 Å². The van der Waals surface area contributed by atoms with Crippen LogP contribution in [0.25, 0.3) is 0 Å². The van der Waals surface area contributed by atoms with Gasteiger partial charge >= 0.3 is 0 Å². The Hall–Kier alpha value is -2.90. The first-order chi connectivity index (χ1) is 17.0. The van der Waals surface area contributed by atoms with Crippen LogP contribution >= 0.6 is 15.9 Å². The zero-order valence-corrected chi connectivity index (χ0v) is 22.0. The Morgan fingerprint density at radius 1 is 0.861 bits per heavy atom.